The summed E-state index contributed by atoms with van der Waals surface area (Å²) in [7, 11) is 1.84. The molecule has 5 heteroatoms. The van der Waals surface area contributed by atoms with Crippen molar-refractivity contribution in [2.75, 3.05) is 5.01 Å². The van der Waals surface area contributed by atoms with E-state index in [1.54, 1.807) is 10.9 Å². The second-order valence-corrected chi connectivity index (χ2v) is 4.64. The van der Waals surface area contributed by atoms with Crippen LogP contribution in [-0.4, -0.2) is 21.4 Å². The molecule has 1 aromatic carbocycles. The predicted molar refractivity (Wildman–Crippen MR) is 78.2 cm³/mol. The molecule has 0 spiro atoms. The van der Waals surface area contributed by atoms with Crippen LogP contribution in [0.5, 0.6) is 0 Å². The lowest BCUT2D eigenvalue weighted by Gasteiger charge is -2.10. The Morgan fingerprint density at radius 3 is 2.60 bits per heavy atom. The summed E-state index contributed by atoms with van der Waals surface area (Å²) < 4.78 is 1.70. The third-order valence-corrected chi connectivity index (χ3v) is 3.10. The number of amides is 1. The summed E-state index contributed by atoms with van der Waals surface area (Å²) in [5.41, 5.74) is 2.97. The molecule has 2 heterocycles. The molecule has 1 aromatic heterocycles. The maximum absolute atomic E-state index is 12.4. The molecule has 100 valence electrons. The van der Waals surface area contributed by atoms with Gasteiger partial charge in [0.1, 0.15) is 0 Å². The molecule has 1 amide bonds. The number of hydrogen-bond acceptors (Lipinski definition) is 3. The molecular weight excluding hydrogens is 252 g/mol. The van der Waals surface area contributed by atoms with E-state index >= 15 is 0 Å². The van der Waals surface area contributed by atoms with Crippen molar-refractivity contribution < 1.29 is 4.79 Å². The molecule has 0 saturated heterocycles. The Bertz CT molecular complexity index is 712. The highest BCUT2D eigenvalue weighted by Crippen LogP contribution is 2.24. The lowest BCUT2D eigenvalue weighted by molar-refractivity contribution is -0.114. The maximum atomic E-state index is 12.4. The molecule has 0 fully saturated rings. The van der Waals surface area contributed by atoms with Gasteiger partial charge in [0.25, 0.3) is 5.91 Å². The molecule has 0 radical (unpaired) electrons. The van der Waals surface area contributed by atoms with E-state index in [0.29, 0.717) is 11.3 Å². The fraction of sp³-hybridized carbons (Fsp3) is 0.133. The average Bonchev–Trinajstić information content (AvgIpc) is 2.98. The first-order valence-electron chi connectivity index (χ1n) is 6.30. The second kappa shape index (κ2) is 4.77. The minimum absolute atomic E-state index is 0.113. The molecule has 1 aliphatic rings. The maximum Gasteiger partial charge on any atom is 0.280 e. The number of benzene rings is 1. The number of carbonyl (C=O) groups is 1. The molecule has 2 aromatic rings. The smallest absolute Gasteiger partial charge is 0.275 e. The van der Waals surface area contributed by atoms with Gasteiger partial charge in [-0.3, -0.25) is 9.48 Å². The Hall–Kier alpha value is -2.69. The average molecular weight is 266 g/mol. The van der Waals surface area contributed by atoms with Gasteiger partial charge in [0.15, 0.2) is 0 Å². The summed E-state index contributed by atoms with van der Waals surface area (Å²) in [5, 5.41) is 9.85. The zero-order chi connectivity index (χ0) is 14.1. The molecule has 0 unspecified atom stereocenters. The van der Waals surface area contributed by atoms with Gasteiger partial charge in [-0.15, -0.1) is 0 Å². The van der Waals surface area contributed by atoms with E-state index in [1.807, 2.05) is 56.6 Å². The molecule has 0 aliphatic carbocycles. The highest BCUT2D eigenvalue weighted by molar-refractivity contribution is 6.32. The number of carbonyl (C=O) groups excluding carboxylic acids is 1. The summed E-state index contributed by atoms with van der Waals surface area (Å²) in [4.78, 5) is 12.4. The van der Waals surface area contributed by atoms with Crippen LogP contribution in [0.2, 0.25) is 0 Å². The normalized spacial score (nSPS) is 16.9. The van der Waals surface area contributed by atoms with E-state index in [9.17, 15) is 4.79 Å². The summed E-state index contributed by atoms with van der Waals surface area (Å²) >= 11 is 0. The lowest BCUT2D eigenvalue weighted by Crippen LogP contribution is -2.21. The third-order valence-electron chi connectivity index (χ3n) is 3.10. The van der Waals surface area contributed by atoms with Crippen molar-refractivity contribution in [3.8, 4) is 0 Å². The van der Waals surface area contributed by atoms with E-state index in [4.69, 9.17) is 0 Å². The van der Waals surface area contributed by atoms with E-state index in [2.05, 4.69) is 10.2 Å². The Balaban J connectivity index is 1.95. The van der Waals surface area contributed by atoms with Gasteiger partial charge in [-0.2, -0.15) is 15.2 Å². The quantitative estimate of drug-likeness (QED) is 0.783. The number of para-hydroxylation sites is 1. The zero-order valence-electron chi connectivity index (χ0n) is 11.3. The number of anilines is 1. The van der Waals surface area contributed by atoms with E-state index in [0.717, 1.165) is 11.3 Å². The van der Waals surface area contributed by atoms with Gasteiger partial charge < -0.3 is 0 Å². The van der Waals surface area contributed by atoms with Gasteiger partial charge in [-0.05, 0) is 25.1 Å². The van der Waals surface area contributed by atoms with Gasteiger partial charge in [0, 0.05) is 18.8 Å². The first-order valence-corrected chi connectivity index (χ1v) is 6.30. The fourth-order valence-electron chi connectivity index (χ4n) is 2.11. The standard InChI is InChI=1S/C15H14N4O/c1-11-14(8-12-9-16-18(2)10-12)15(20)19(17-11)13-6-4-3-5-7-13/h3-10H,1-2H3. The molecular formula is C15H14N4O. The van der Waals surface area contributed by atoms with Crippen LogP contribution in [-0.2, 0) is 11.8 Å². The first-order chi connectivity index (χ1) is 9.65. The zero-order valence-corrected chi connectivity index (χ0v) is 11.3. The van der Waals surface area contributed by atoms with Crippen molar-refractivity contribution in [1.29, 1.82) is 0 Å². The number of hydrogen-bond donors (Lipinski definition) is 0. The van der Waals surface area contributed by atoms with Crippen molar-refractivity contribution in [3.63, 3.8) is 0 Å². The van der Waals surface area contributed by atoms with E-state index in [1.165, 1.54) is 5.01 Å². The van der Waals surface area contributed by atoms with Crippen molar-refractivity contribution in [1.82, 2.24) is 9.78 Å². The molecule has 0 bridgehead atoms. The molecule has 0 atom stereocenters. The summed E-state index contributed by atoms with van der Waals surface area (Å²) in [6, 6.07) is 9.41. The largest absolute Gasteiger partial charge is 0.280 e. The first kappa shape index (κ1) is 12.3. The summed E-state index contributed by atoms with van der Waals surface area (Å²) in [6.07, 6.45) is 5.40. The van der Waals surface area contributed by atoms with E-state index in [-0.39, 0.29) is 5.91 Å². The SMILES string of the molecule is CC1=NN(c2ccccc2)C(=O)C1=Cc1cnn(C)c1. The Labute approximate surface area is 116 Å². The van der Waals surface area contributed by atoms with Crippen molar-refractivity contribution >= 4 is 23.4 Å². The minimum atomic E-state index is -0.113. The Morgan fingerprint density at radius 1 is 1.20 bits per heavy atom. The van der Waals surface area contributed by atoms with E-state index < -0.39 is 0 Å². The van der Waals surface area contributed by atoms with Gasteiger partial charge in [0.2, 0.25) is 0 Å². The number of aryl methyl sites for hydroxylation is 1. The molecule has 20 heavy (non-hydrogen) atoms. The number of nitrogens with zero attached hydrogens (tertiary/aromatic N) is 4. The predicted octanol–water partition coefficient (Wildman–Crippen LogP) is 2.23. The van der Waals surface area contributed by atoms with Crippen LogP contribution in [0.4, 0.5) is 5.69 Å². The van der Waals surface area contributed by atoms with Crippen molar-refractivity contribution in [2.24, 2.45) is 12.1 Å². The summed E-state index contributed by atoms with van der Waals surface area (Å²) in [5.74, 6) is -0.113. The van der Waals surface area contributed by atoms with Gasteiger partial charge in [-0.25, -0.2) is 0 Å². The minimum Gasteiger partial charge on any atom is -0.275 e. The molecule has 1 aliphatic heterocycles. The van der Waals surface area contributed by atoms with Gasteiger partial charge in [0.05, 0.1) is 23.2 Å². The van der Waals surface area contributed by atoms with Crippen LogP contribution in [0.25, 0.3) is 6.08 Å². The van der Waals surface area contributed by atoms with Crippen molar-refractivity contribution in [3.05, 3.63) is 53.9 Å². The molecule has 0 N–H and O–H groups in total. The number of rotatable bonds is 2. The topological polar surface area (TPSA) is 50.5 Å². The van der Waals surface area contributed by atoms with Crippen LogP contribution >= 0.6 is 0 Å². The van der Waals surface area contributed by atoms with Crippen LogP contribution in [0.3, 0.4) is 0 Å². The highest BCUT2D eigenvalue weighted by atomic mass is 16.2. The molecule has 0 saturated carbocycles. The van der Waals surface area contributed by atoms with Crippen LogP contribution in [0, 0.1) is 0 Å². The third kappa shape index (κ3) is 2.14. The Kier molecular flexibility index (Phi) is 2.95. The fourth-order valence-corrected chi connectivity index (χ4v) is 2.11. The molecule has 5 nitrogen and oxygen atoms in total. The van der Waals surface area contributed by atoms with Gasteiger partial charge in [-0.1, -0.05) is 18.2 Å². The van der Waals surface area contributed by atoms with Gasteiger partial charge >= 0.3 is 0 Å². The van der Waals surface area contributed by atoms with Crippen LogP contribution < -0.4 is 5.01 Å². The number of aromatic nitrogens is 2. The van der Waals surface area contributed by atoms with Crippen LogP contribution in [0.1, 0.15) is 12.5 Å². The summed E-state index contributed by atoms with van der Waals surface area (Å²) in [6.45, 7) is 1.84. The van der Waals surface area contributed by atoms with Crippen molar-refractivity contribution in [2.45, 2.75) is 6.92 Å². The lowest BCUT2D eigenvalue weighted by atomic mass is 10.1. The Morgan fingerprint density at radius 2 is 1.95 bits per heavy atom. The molecule has 3 rings (SSSR count). The monoisotopic (exact) mass is 266 g/mol. The second-order valence-electron chi connectivity index (χ2n) is 4.64. The number of hydrazone groups is 1. The highest BCUT2D eigenvalue weighted by Gasteiger charge is 2.28. The van der Waals surface area contributed by atoms with Crippen LogP contribution in [0.15, 0.2) is 53.4 Å².